The summed E-state index contributed by atoms with van der Waals surface area (Å²) < 4.78 is 16.9. The topological polar surface area (TPSA) is 78.9 Å². The lowest BCUT2D eigenvalue weighted by Gasteiger charge is -2.18. The number of carbonyl (C=O) groups is 3. The first-order valence-electron chi connectivity index (χ1n) is 33.7. The van der Waals surface area contributed by atoms with Gasteiger partial charge in [0.05, 0.1) is 0 Å². The van der Waals surface area contributed by atoms with Crippen LogP contribution >= 0.6 is 0 Å². The van der Waals surface area contributed by atoms with Gasteiger partial charge < -0.3 is 14.2 Å². The van der Waals surface area contributed by atoms with Crippen molar-refractivity contribution in [2.45, 2.75) is 335 Å². The van der Waals surface area contributed by atoms with E-state index in [-0.39, 0.29) is 31.1 Å². The standard InChI is InChI=1S/C73H126O6/c1-4-7-10-13-16-19-22-25-27-28-29-30-31-32-33-34-35-36-37-38-39-40-41-42-43-44-46-48-51-54-57-60-63-66-72(75)78-69-70(68-77-71(74)65-62-59-56-53-50-47-24-21-18-15-12-9-6-3)79-73(76)67-64-61-58-55-52-49-45-26-23-20-17-14-11-8-5-2/h8,11-12,15,17,20-22,24-26,28-29,31-32,45,70H,4-7,9-10,13-14,16,18-19,23,27,30,33-44,46-69H2,1-3H3/b11-8-,15-12-,20-17-,24-21-,25-22-,29-28-,32-31-,45-26-. The Kier molecular flexibility index (Phi) is 63.7. The first-order valence-corrected chi connectivity index (χ1v) is 33.7. The number of rotatable bonds is 61. The van der Waals surface area contributed by atoms with E-state index in [1.165, 1.54) is 148 Å². The number of hydrogen-bond donors (Lipinski definition) is 0. The molecule has 0 radical (unpaired) electrons. The molecule has 0 aromatic carbocycles. The molecule has 1 unspecified atom stereocenters. The normalized spacial score (nSPS) is 12.7. The highest BCUT2D eigenvalue weighted by molar-refractivity contribution is 5.71. The van der Waals surface area contributed by atoms with E-state index in [1.54, 1.807) is 0 Å². The molecule has 0 aliphatic rings. The summed E-state index contributed by atoms with van der Waals surface area (Å²) in [5.74, 6) is -0.909. The smallest absolute Gasteiger partial charge is 0.306 e. The molecule has 0 heterocycles. The van der Waals surface area contributed by atoms with Gasteiger partial charge in [-0.2, -0.15) is 0 Å². The molecule has 0 aromatic heterocycles. The molecular formula is C73H126O6. The van der Waals surface area contributed by atoms with Gasteiger partial charge >= 0.3 is 17.9 Å². The lowest BCUT2D eigenvalue weighted by Crippen LogP contribution is -2.30. The molecule has 0 N–H and O–H groups in total. The summed E-state index contributed by atoms with van der Waals surface area (Å²) in [6.07, 6.45) is 90.1. The van der Waals surface area contributed by atoms with Crippen LogP contribution in [0.1, 0.15) is 329 Å². The van der Waals surface area contributed by atoms with Crippen LogP contribution in [-0.4, -0.2) is 37.2 Å². The Labute approximate surface area is 489 Å². The summed E-state index contributed by atoms with van der Waals surface area (Å²) in [5.41, 5.74) is 0. The van der Waals surface area contributed by atoms with E-state index in [2.05, 4.69) is 118 Å². The molecule has 0 aliphatic heterocycles. The minimum Gasteiger partial charge on any atom is -0.462 e. The van der Waals surface area contributed by atoms with Gasteiger partial charge in [-0.25, -0.2) is 0 Å². The maximum absolute atomic E-state index is 12.9. The van der Waals surface area contributed by atoms with Crippen molar-refractivity contribution in [2.24, 2.45) is 0 Å². The average molecular weight is 1100 g/mol. The number of ether oxygens (including phenoxy) is 3. The Morgan fingerprint density at radius 3 is 0.823 bits per heavy atom. The van der Waals surface area contributed by atoms with E-state index in [0.717, 1.165) is 141 Å². The van der Waals surface area contributed by atoms with E-state index in [4.69, 9.17) is 14.2 Å². The SMILES string of the molecule is CC/C=C\C/C=C\C/C=C\CCCCCCCC(=O)OC(COC(=O)CCCCCCC/C=C\C/C=C\CCC)COC(=O)CCCCCCCCCCCCCCCCCCCC/C=C\C/C=C\C/C=C\CCCCCCC. The van der Waals surface area contributed by atoms with Gasteiger partial charge in [-0.15, -0.1) is 0 Å². The van der Waals surface area contributed by atoms with Gasteiger partial charge in [-0.1, -0.05) is 291 Å². The fourth-order valence-electron chi connectivity index (χ4n) is 9.50. The van der Waals surface area contributed by atoms with Crippen LogP contribution in [0.4, 0.5) is 0 Å². The van der Waals surface area contributed by atoms with E-state index in [1.807, 2.05) is 0 Å². The Morgan fingerprint density at radius 1 is 0.266 bits per heavy atom. The van der Waals surface area contributed by atoms with Crippen LogP contribution in [0.5, 0.6) is 0 Å². The zero-order chi connectivity index (χ0) is 57.1. The van der Waals surface area contributed by atoms with Gasteiger partial charge in [0.2, 0.25) is 0 Å². The molecule has 0 rings (SSSR count). The maximum atomic E-state index is 12.9. The van der Waals surface area contributed by atoms with Gasteiger partial charge in [-0.3, -0.25) is 14.4 Å². The number of esters is 3. The zero-order valence-corrected chi connectivity index (χ0v) is 52.1. The molecular weight excluding hydrogens is 973 g/mol. The predicted octanol–water partition coefficient (Wildman–Crippen LogP) is 23.2. The summed E-state index contributed by atoms with van der Waals surface area (Å²) in [7, 11) is 0. The van der Waals surface area contributed by atoms with Crippen LogP contribution in [0.2, 0.25) is 0 Å². The first-order chi connectivity index (χ1) is 39.0. The van der Waals surface area contributed by atoms with Crippen LogP contribution in [-0.2, 0) is 28.6 Å². The molecule has 454 valence electrons. The van der Waals surface area contributed by atoms with Crippen LogP contribution in [0.15, 0.2) is 97.2 Å². The molecule has 0 aliphatic carbocycles. The first kappa shape index (κ1) is 75.3. The quantitative estimate of drug-likeness (QED) is 0.0261. The molecule has 0 saturated heterocycles. The Morgan fingerprint density at radius 2 is 0.519 bits per heavy atom. The molecule has 6 heteroatoms. The Hall–Kier alpha value is -3.67. The van der Waals surface area contributed by atoms with E-state index in [0.29, 0.717) is 19.3 Å². The second-order valence-corrected chi connectivity index (χ2v) is 22.3. The lowest BCUT2D eigenvalue weighted by atomic mass is 10.0. The minimum atomic E-state index is -0.793. The van der Waals surface area contributed by atoms with Crippen LogP contribution in [0.3, 0.4) is 0 Å². The van der Waals surface area contributed by atoms with Crippen LogP contribution in [0.25, 0.3) is 0 Å². The summed E-state index contributed by atoms with van der Waals surface area (Å²) in [6, 6.07) is 0. The molecule has 0 bridgehead atoms. The number of carbonyl (C=O) groups excluding carboxylic acids is 3. The highest BCUT2D eigenvalue weighted by Gasteiger charge is 2.19. The molecule has 6 nitrogen and oxygen atoms in total. The molecule has 0 fully saturated rings. The fourth-order valence-corrected chi connectivity index (χ4v) is 9.50. The summed E-state index contributed by atoms with van der Waals surface area (Å²) in [4.78, 5) is 38.3. The summed E-state index contributed by atoms with van der Waals surface area (Å²) >= 11 is 0. The van der Waals surface area contributed by atoms with Gasteiger partial charge in [0.15, 0.2) is 6.10 Å². The summed E-state index contributed by atoms with van der Waals surface area (Å²) in [6.45, 7) is 6.45. The maximum Gasteiger partial charge on any atom is 0.306 e. The molecule has 0 saturated carbocycles. The van der Waals surface area contributed by atoms with Crippen molar-refractivity contribution < 1.29 is 28.6 Å². The number of hydrogen-bond acceptors (Lipinski definition) is 6. The van der Waals surface area contributed by atoms with E-state index >= 15 is 0 Å². The highest BCUT2D eigenvalue weighted by atomic mass is 16.6. The molecule has 0 amide bonds. The van der Waals surface area contributed by atoms with E-state index in [9.17, 15) is 14.4 Å². The van der Waals surface area contributed by atoms with Gasteiger partial charge in [0.1, 0.15) is 13.2 Å². The Balaban J connectivity index is 4.15. The van der Waals surface area contributed by atoms with Crippen molar-refractivity contribution in [3.63, 3.8) is 0 Å². The Bertz CT molecular complexity index is 1540. The summed E-state index contributed by atoms with van der Waals surface area (Å²) in [5, 5.41) is 0. The van der Waals surface area contributed by atoms with Crippen LogP contribution < -0.4 is 0 Å². The second-order valence-electron chi connectivity index (χ2n) is 22.3. The zero-order valence-electron chi connectivity index (χ0n) is 52.1. The largest absolute Gasteiger partial charge is 0.462 e. The highest BCUT2D eigenvalue weighted by Crippen LogP contribution is 2.17. The van der Waals surface area contributed by atoms with Gasteiger partial charge in [0.25, 0.3) is 0 Å². The third kappa shape index (κ3) is 65.0. The minimum absolute atomic E-state index is 0.0872. The van der Waals surface area contributed by atoms with Crippen molar-refractivity contribution in [3.8, 4) is 0 Å². The molecule has 1 atom stereocenters. The molecule has 0 spiro atoms. The van der Waals surface area contributed by atoms with Gasteiger partial charge in [0, 0.05) is 19.3 Å². The third-order valence-electron chi connectivity index (χ3n) is 14.5. The third-order valence-corrected chi connectivity index (χ3v) is 14.5. The van der Waals surface area contributed by atoms with Crippen molar-refractivity contribution in [3.05, 3.63) is 97.2 Å². The van der Waals surface area contributed by atoms with Crippen LogP contribution in [0, 0.1) is 0 Å². The molecule has 79 heavy (non-hydrogen) atoms. The average Bonchev–Trinajstić information content (AvgIpc) is 3.45. The monoisotopic (exact) mass is 1100 g/mol. The lowest BCUT2D eigenvalue weighted by molar-refractivity contribution is -0.167. The van der Waals surface area contributed by atoms with Gasteiger partial charge in [-0.05, 0) is 116 Å². The van der Waals surface area contributed by atoms with E-state index < -0.39 is 6.10 Å². The predicted molar refractivity (Wildman–Crippen MR) is 344 cm³/mol. The second kappa shape index (κ2) is 66.8. The van der Waals surface area contributed by atoms with Crippen molar-refractivity contribution in [1.82, 2.24) is 0 Å². The van der Waals surface area contributed by atoms with Crippen molar-refractivity contribution >= 4 is 17.9 Å². The molecule has 0 aromatic rings. The number of allylic oxidation sites excluding steroid dienone is 16. The fraction of sp³-hybridized carbons (Fsp3) is 0.740. The number of unbranched alkanes of at least 4 members (excludes halogenated alkanes) is 34. The van der Waals surface area contributed by atoms with Crippen molar-refractivity contribution in [2.75, 3.05) is 13.2 Å². The van der Waals surface area contributed by atoms with Crippen molar-refractivity contribution in [1.29, 1.82) is 0 Å².